The summed E-state index contributed by atoms with van der Waals surface area (Å²) >= 11 is 5.48. The minimum absolute atomic E-state index is 0.0963. The van der Waals surface area contributed by atoms with E-state index in [2.05, 4.69) is 85.0 Å². The van der Waals surface area contributed by atoms with Crippen molar-refractivity contribution in [3.05, 3.63) is 28.8 Å². The van der Waals surface area contributed by atoms with Crippen LogP contribution in [0, 0.1) is 12.8 Å². The molecule has 0 radical (unpaired) electrons. The molecule has 0 saturated heterocycles. The number of benzene rings is 1. The summed E-state index contributed by atoms with van der Waals surface area (Å²) in [5.74, 6) is 2.24. The number of hydrogen-bond acceptors (Lipinski definition) is 3. The summed E-state index contributed by atoms with van der Waals surface area (Å²) in [6.07, 6.45) is 10.5. The summed E-state index contributed by atoms with van der Waals surface area (Å²) in [6, 6.07) is 4.83. The molecule has 1 aliphatic carbocycles. The van der Waals surface area contributed by atoms with Crippen LogP contribution in [0.2, 0.25) is 0 Å². The van der Waals surface area contributed by atoms with E-state index in [4.69, 9.17) is 13.6 Å². The van der Waals surface area contributed by atoms with Crippen molar-refractivity contribution >= 4 is 53.8 Å². The van der Waals surface area contributed by atoms with Gasteiger partial charge in [0.1, 0.15) is 0 Å². The number of hydrogen-bond donors (Lipinski definition) is 0. The Bertz CT molecular complexity index is 750. The van der Waals surface area contributed by atoms with Crippen LogP contribution in [0.5, 0.6) is 5.75 Å². The Morgan fingerprint density at radius 1 is 1.12 bits per heavy atom. The first-order valence-electron chi connectivity index (χ1n) is 12.6. The molecule has 2 aliphatic rings. The monoisotopic (exact) mass is 813 g/mol. The summed E-state index contributed by atoms with van der Waals surface area (Å²) in [5, 5.41) is 0. The standard InChI is InChI=1S/C26H41I3O3P/c1-6-9-12-29-24-16-19(23(28)11-8-3)15-21-20-14-18(22(27)10-7-2)13-17(4)25(20)31-33(30-5)32-26(21)24/h13-14,19,21-24,26H,6-12,15-16H2,1-5H3/q-1. The first-order chi connectivity index (χ1) is 15.9. The molecule has 0 aromatic heterocycles. The molecule has 1 heterocycles. The van der Waals surface area contributed by atoms with Crippen LogP contribution in [0.4, 0.5) is 0 Å². The van der Waals surface area contributed by atoms with E-state index in [1.165, 1.54) is 72.5 Å². The van der Waals surface area contributed by atoms with E-state index in [9.17, 15) is 0 Å². The van der Waals surface area contributed by atoms with Gasteiger partial charge in [-0.25, -0.2) is 0 Å². The zero-order valence-electron chi connectivity index (χ0n) is 20.8. The predicted octanol–water partition coefficient (Wildman–Crippen LogP) is 6.28. The molecule has 1 aromatic carbocycles. The summed E-state index contributed by atoms with van der Waals surface area (Å²) in [6.45, 7) is 9.14. The van der Waals surface area contributed by atoms with Crippen molar-refractivity contribution in [3.63, 3.8) is 0 Å². The van der Waals surface area contributed by atoms with Crippen LogP contribution in [0.25, 0.3) is 0 Å². The second-order valence-electron chi connectivity index (χ2n) is 9.44. The van der Waals surface area contributed by atoms with E-state index in [1.54, 1.807) is 7.11 Å². The van der Waals surface area contributed by atoms with Gasteiger partial charge in [-0.15, -0.1) is 0 Å². The van der Waals surface area contributed by atoms with Crippen LogP contribution in [-0.2, 0) is 9.05 Å². The van der Waals surface area contributed by atoms with Crippen LogP contribution >= 0.6 is 53.8 Å². The maximum atomic E-state index is 6.72. The van der Waals surface area contributed by atoms with E-state index in [-0.39, 0.29) is 27.3 Å². The molecule has 7 atom stereocenters. The normalized spacial score (nSPS) is 29.0. The molecule has 0 spiro atoms. The molecule has 0 bridgehead atoms. The molecule has 1 aliphatic heterocycles. The van der Waals surface area contributed by atoms with Crippen molar-refractivity contribution in [2.24, 2.45) is 5.92 Å². The fraction of sp³-hybridized carbons (Fsp3) is 0.769. The molecule has 0 amide bonds. The van der Waals surface area contributed by atoms with Crippen LogP contribution in [0.15, 0.2) is 12.1 Å². The quantitative estimate of drug-likeness (QED) is 0.114. The van der Waals surface area contributed by atoms with Gasteiger partial charge < -0.3 is 0 Å². The Hall–Kier alpha value is 1.56. The Labute approximate surface area is 241 Å². The SMILES string of the molecule is CCCC[I-]C1CC(C(I)CCC)CC2c3cc(C(I)CCC)cc(C)c3OP(OC)OC12. The fourth-order valence-corrected chi connectivity index (χ4v) is 12.8. The Kier molecular flexibility index (Phi) is 12.8. The van der Waals surface area contributed by atoms with Gasteiger partial charge in [-0.05, 0) is 0 Å². The van der Waals surface area contributed by atoms with E-state index < -0.39 is 8.60 Å². The van der Waals surface area contributed by atoms with Gasteiger partial charge in [0.25, 0.3) is 0 Å². The molecule has 0 N–H and O–H groups in total. The molecular weight excluding hydrogens is 772 g/mol. The number of halogens is 3. The van der Waals surface area contributed by atoms with Gasteiger partial charge in [0.05, 0.1) is 0 Å². The maximum absolute atomic E-state index is 6.72. The molecular formula is C26H41I3O3P-. The van der Waals surface area contributed by atoms with Crippen LogP contribution in [-0.4, -0.2) is 25.5 Å². The predicted molar refractivity (Wildman–Crippen MR) is 154 cm³/mol. The van der Waals surface area contributed by atoms with E-state index in [0.29, 0.717) is 13.8 Å². The average molecular weight is 813 g/mol. The summed E-state index contributed by atoms with van der Waals surface area (Å²) in [4.78, 5) is 0. The summed E-state index contributed by atoms with van der Waals surface area (Å²) < 4.78 is 22.4. The number of aryl methyl sites for hydroxylation is 1. The second-order valence-corrected chi connectivity index (χ2v) is 17.3. The van der Waals surface area contributed by atoms with Crippen molar-refractivity contribution in [1.82, 2.24) is 0 Å². The summed E-state index contributed by atoms with van der Waals surface area (Å²) in [5.41, 5.74) is 4.11. The molecule has 3 nitrogen and oxygen atoms in total. The molecule has 1 fully saturated rings. The third-order valence-corrected chi connectivity index (χ3v) is 14.6. The molecule has 1 aromatic rings. The van der Waals surface area contributed by atoms with Crippen LogP contribution in [0.1, 0.15) is 98.7 Å². The van der Waals surface area contributed by atoms with Crippen molar-refractivity contribution in [2.75, 3.05) is 11.5 Å². The minimum atomic E-state index is -1.34. The van der Waals surface area contributed by atoms with E-state index in [1.807, 2.05) is 0 Å². The third kappa shape index (κ3) is 7.55. The molecule has 33 heavy (non-hydrogen) atoms. The Morgan fingerprint density at radius 2 is 1.88 bits per heavy atom. The van der Waals surface area contributed by atoms with Gasteiger partial charge >= 0.3 is 243 Å². The fourth-order valence-electron chi connectivity index (χ4n) is 5.09. The van der Waals surface area contributed by atoms with Gasteiger partial charge in [0, 0.05) is 0 Å². The molecule has 1 saturated carbocycles. The van der Waals surface area contributed by atoms with Crippen molar-refractivity contribution in [3.8, 4) is 5.75 Å². The summed E-state index contributed by atoms with van der Waals surface area (Å²) in [7, 11) is 0.401. The Morgan fingerprint density at radius 3 is 2.55 bits per heavy atom. The van der Waals surface area contributed by atoms with Crippen LogP contribution in [0.3, 0.4) is 0 Å². The number of alkyl halides is 4. The molecule has 7 heteroatoms. The number of unbranched alkanes of at least 4 members (excludes halogenated alkanes) is 1. The van der Waals surface area contributed by atoms with Gasteiger partial charge in [0.15, 0.2) is 0 Å². The number of fused-ring (bicyclic) bond motifs is 3. The number of rotatable bonds is 11. The first-order valence-corrected chi connectivity index (χ1v) is 19.0. The van der Waals surface area contributed by atoms with Gasteiger partial charge in [-0.3, -0.25) is 0 Å². The molecule has 190 valence electrons. The van der Waals surface area contributed by atoms with Gasteiger partial charge in [0.2, 0.25) is 0 Å². The molecule has 7 unspecified atom stereocenters. The van der Waals surface area contributed by atoms with E-state index in [0.717, 1.165) is 15.6 Å². The first kappa shape index (κ1) is 29.1. The van der Waals surface area contributed by atoms with Crippen molar-refractivity contribution in [2.45, 2.75) is 103 Å². The van der Waals surface area contributed by atoms with Crippen molar-refractivity contribution < 1.29 is 34.8 Å². The zero-order chi connectivity index (χ0) is 24.0. The zero-order valence-corrected chi connectivity index (χ0v) is 28.2. The van der Waals surface area contributed by atoms with Gasteiger partial charge in [-0.1, -0.05) is 0 Å². The second kappa shape index (κ2) is 14.5. The molecule has 3 rings (SSSR count). The van der Waals surface area contributed by atoms with Crippen molar-refractivity contribution in [1.29, 1.82) is 0 Å². The average Bonchev–Trinajstić information content (AvgIpc) is 2.96. The van der Waals surface area contributed by atoms with Crippen LogP contribution < -0.4 is 25.7 Å². The topological polar surface area (TPSA) is 27.7 Å². The third-order valence-electron chi connectivity index (χ3n) is 6.86. The van der Waals surface area contributed by atoms with E-state index >= 15 is 0 Å². The Balaban J connectivity index is 2.03. The van der Waals surface area contributed by atoms with Gasteiger partial charge in [-0.2, -0.15) is 0 Å².